The van der Waals surface area contributed by atoms with E-state index in [1.165, 1.54) is 5.56 Å². The molecule has 4 rings (SSSR count). The minimum absolute atomic E-state index is 0.0979. The maximum absolute atomic E-state index is 12.6. The van der Waals surface area contributed by atoms with Gasteiger partial charge < -0.3 is 9.84 Å². The fraction of sp³-hybridized carbons (Fsp3) is 0.350. The fourth-order valence-electron chi connectivity index (χ4n) is 3.54. The standard InChI is InChI=1S/C20H22N4O2/c1-13-18-10-16(11-21-20(18)26-23-13)19(25)22-17-8-9-24(12-17)14(2)15-6-4-3-5-7-15/h3-7,10-11,14,17H,8-9,12H2,1-2H3,(H,22,25). The van der Waals surface area contributed by atoms with Gasteiger partial charge in [0.25, 0.3) is 11.6 Å². The second kappa shape index (κ2) is 6.88. The number of nitrogens with one attached hydrogen (secondary N) is 1. The molecule has 1 fully saturated rings. The molecule has 3 aromatic rings. The van der Waals surface area contributed by atoms with Crippen molar-refractivity contribution in [2.75, 3.05) is 13.1 Å². The first-order chi connectivity index (χ1) is 12.6. The normalized spacial score (nSPS) is 18.9. The molecule has 1 amide bonds. The number of benzene rings is 1. The lowest BCUT2D eigenvalue weighted by atomic mass is 10.1. The number of carbonyl (C=O) groups excluding carboxylic acids is 1. The van der Waals surface area contributed by atoms with E-state index in [0.717, 1.165) is 30.6 Å². The van der Waals surface area contributed by atoms with Crippen LogP contribution in [0.2, 0.25) is 0 Å². The van der Waals surface area contributed by atoms with Crippen LogP contribution in [-0.2, 0) is 0 Å². The van der Waals surface area contributed by atoms with Crippen LogP contribution in [0.5, 0.6) is 0 Å². The van der Waals surface area contributed by atoms with Crippen molar-refractivity contribution >= 4 is 17.0 Å². The highest BCUT2D eigenvalue weighted by Crippen LogP contribution is 2.24. The monoisotopic (exact) mass is 350 g/mol. The minimum Gasteiger partial charge on any atom is -0.348 e. The third kappa shape index (κ3) is 3.20. The highest BCUT2D eigenvalue weighted by atomic mass is 16.5. The highest BCUT2D eigenvalue weighted by molar-refractivity contribution is 5.97. The number of nitrogens with zero attached hydrogens (tertiary/aromatic N) is 3. The van der Waals surface area contributed by atoms with Crippen molar-refractivity contribution in [2.24, 2.45) is 0 Å². The molecule has 0 radical (unpaired) electrons. The summed E-state index contributed by atoms with van der Waals surface area (Å²) in [6.45, 7) is 5.88. The maximum Gasteiger partial charge on any atom is 0.257 e. The summed E-state index contributed by atoms with van der Waals surface area (Å²) in [7, 11) is 0. The SMILES string of the molecule is Cc1noc2ncc(C(=O)NC3CCN(C(C)c4ccccc4)C3)cc12. The Morgan fingerprint density at radius 1 is 1.35 bits per heavy atom. The Morgan fingerprint density at radius 2 is 2.15 bits per heavy atom. The summed E-state index contributed by atoms with van der Waals surface area (Å²) in [6.07, 6.45) is 2.49. The minimum atomic E-state index is -0.0979. The van der Waals surface area contributed by atoms with Gasteiger partial charge in [0.15, 0.2) is 0 Å². The van der Waals surface area contributed by atoms with Gasteiger partial charge in [0.1, 0.15) is 0 Å². The van der Waals surface area contributed by atoms with Crippen LogP contribution >= 0.6 is 0 Å². The smallest absolute Gasteiger partial charge is 0.257 e. The van der Waals surface area contributed by atoms with Crippen molar-refractivity contribution < 1.29 is 9.32 Å². The predicted molar refractivity (Wildman–Crippen MR) is 98.8 cm³/mol. The summed E-state index contributed by atoms with van der Waals surface area (Å²) in [5.41, 5.74) is 3.05. The molecular weight excluding hydrogens is 328 g/mol. The first-order valence-corrected chi connectivity index (χ1v) is 8.93. The summed E-state index contributed by atoms with van der Waals surface area (Å²) in [5.74, 6) is -0.0979. The first kappa shape index (κ1) is 16.7. The third-order valence-electron chi connectivity index (χ3n) is 5.16. The lowest BCUT2D eigenvalue weighted by molar-refractivity contribution is 0.0936. The fourth-order valence-corrected chi connectivity index (χ4v) is 3.54. The Hall–Kier alpha value is -2.73. The lowest BCUT2D eigenvalue weighted by Crippen LogP contribution is -2.37. The van der Waals surface area contributed by atoms with Gasteiger partial charge in [0.05, 0.1) is 16.6 Å². The van der Waals surface area contributed by atoms with Crippen molar-refractivity contribution in [2.45, 2.75) is 32.4 Å². The molecule has 2 unspecified atom stereocenters. The molecular formula is C20H22N4O2. The zero-order valence-electron chi connectivity index (χ0n) is 15.0. The molecule has 6 nitrogen and oxygen atoms in total. The van der Waals surface area contributed by atoms with Gasteiger partial charge in [-0.05, 0) is 31.9 Å². The second-order valence-corrected chi connectivity index (χ2v) is 6.89. The molecule has 6 heteroatoms. The van der Waals surface area contributed by atoms with Crippen LogP contribution in [0.15, 0.2) is 47.1 Å². The van der Waals surface area contributed by atoms with E-state index in [-0.39, 0.29) is 11.9 Å². The van der Waals surface area contributed by atoms with Crippen molar-refractivity contribution in [3.8, 4) is 0 Å². The summed E-state index contributed by atoms with van der Waals surface area (Å²) in [6, 6.07) is 12.8. The van der Waals surface area contributed by atoms with E-state index < -0.39 is 0 Å². The van der Waals surface area contributed by atoms with Crippen molar-refractivity contribution in [3.05, 3.63) is 59.4 Å². The number of amides is 1. The van der Waals surface area contributed by atoms with E-state index in [2.05, 4.69) is 51.5 Å². The van der Waals surface area contributed by atoms with Crippen LogP contribution in [0.1, 0.15) is 41.0 Å². The number of hydrogen-bond acceptors (Lipinski definition) is 5. The number of carbonyl (C=O) groups is 1. The molecule has 1 aliphatic rings. The molecule has 134 valence electrons. The van der Waals surface area contributed by atoms with Gasteiger partial charge in [0.2, 0.25) is 0 Å². The Bertz CT molecular complexity index is 922. The van der Waals surface area contributed by atoms with Gasteiger partial charge in [-0.1, -0.05) is 35.5 Å². The molecule has 0 spiro atoms. The van der Waals surface area contributed by atoms with Gasteiger partial charge >= 0.3 is 0 Å². The Labute approximate surface area is 152 Å². The number of pyridine rings is 1. The largest absolute Gasteiger partial charge is 0.348 e. The molecule has 2 atom stereocenters. The van der Waals surface area contributed by atoms with E-state index in [1.807, 2.05) is 13.0 Å². The van der Waals surface area contributed by atoms with E-state index in [4.69, 9.17) is 4.52 Å². The van der Waals surface area contributed by atoms with Crippen molar-refractivity contribution in [1.29, 1.82) is 0 Å². The first-order valence-electron chi connectivity index (χ1n) is 8.93. The van der Waals surface area contributed by atoms with Crippen LogP contribution in [-0.4, -0.2) is 40.1 Å². The van der Waals surface area contributed by atoms with Crippen LogP contribution in [0, 0.1) is 6.92 Å². The molecule has 0 saturated carbocycles. The van der Waals surface area contributed by atoms with Crippen LogP contribution in [0.25, 0.3) is 11.1 Å². The number of hydrogen-bond donors (Lipinski definition) is 1. The molecule has 1 N–H and O–H groups in total. The molecule has 0 bridgehead atoms. The number of aromatic nitrogens is 2. The average molecular weight is 350 g/mol. The van der Waals surface area contributed by atoms with Gasteiger partial charge in [-0.3, -0.25) is 9.69 Å². The number of likely N-dealkylation sites (tertiary alicyclic amines) is 1. The van der Waals surface area contributed by atoms with E-state index in [9.17, 15) is 4.79 Å². The van der Waals surface area contributed by atoms with Crippen LogP contribution in [0.3, 0.4) is 0 Å². The van der Waals surface area contributed by atoms with E-state index >= 15 is 0 Å². The van der Waals surface area contributed by atoms with Crippen LogP contribution in [0.4, 0.5) is 0 Å². The number of rotatable bonds is 4. The Balaban J connectivity index is 1.41. The van der Waals surface area contributed by atoms with Crippen LogP contribution < -0.4 is 5.32 Å². The highest BCUT2D eigenvalue weighted by Gasteiger charge is 2.28. The predicted octanol–water partition coefficient (Wildman–Crippen LogP) is 3.10. The quantitative estimate of drug-likeness (QED) is 0.783. The Morgan fingerprint density at radius 3 is 2.96 bits per heavy atom. The molecule has 26 heavy (non-hydrogen) atoms. The topological polar surface area (TPSA) is 71.3 Å². The molecule has 2 aromatic heterocycles. The van der Waals surface area contributed by atoms with E-state index in [1.54, 1.807) is 12.3 Å². The van der Waals surface area contributed by atoms with Gasteiger partial charge in [-0.2, -0.15) is 0 Å². The van der Waals surface area contributed by atoms with Gasteiger partial charge in [0, 0.05) is 31.4 Å². The second-order valence-electron chi connectivity index (χ2n) is 6.89. The average Bonchev–Trinajstić information content (AvgIpc) is 3.28. The lowest BCUT2D eigenvalue weighted by Gasteiger charge is -2.24. The molecule has 3 heterocycles. The summed E-state index contributed by atoms with van der Waals surface area (Å²) < 4.78 is 5.10. The number of fused-ring (bicyclic) bond motifs is 1. The summed E-state index contributed by atoms with van der Waals surface area (Å²) in [4.78, 5) is 19.2. The van der Waals surface area contributed by atoms with Crippen molar-refractivity contribution in [1.82, 2.24) is 20.4 Å². The summed E-state index contributed by atoms with van der Waals surface area (Å²) >= 11 is 0. The van der Waals surface area contributed by atoms with E-state index in [0.29, 0.717) is 17.3 Å². The molecule has 1 aromatic carbocycles. The van der Waals surface area contributed by atoms with Gasteiger partial charge in [-0.25, -0.2) is 4.98 Å². The maximum atomic E-state index is 12.6. The molecule has 0 aliphatic carbocycles. The molecule has 1 aliphatic heterocycles. The number of aryl methyl sites for hydroxylation is 1. The van der Waals surface area contributed by atoms with Gasteiger partial charge in [-0.15, -0.1) is 0 Å². The zero-order chi connectivity index (χ0) is 18.1. The third-order valence-corrected chi connectivity index (χ3v) is 5.16. The Kier molecular flexibility index (Phi) is 4.42. The van der Waals surface area contributed by atoms with Crippen molar-refractivity contribution in [3.63, 3.8) is 0 Å². The summed E-state index contributed by atoms with van der Waals surface area (Å²) in [5, 5.41) is 7.80. The zero-order valence-corrected chi connectivity index (χ0v) is 15.0. The molecule has 1 saturated heterocycles.